The van der Waals surface area contributed by atoms with E-state index in [1.165, 1.54) is 19.1 Å². The number of nitrogens with zero attached hydrogens (tertiary/aromatic N) is 1. The second-order valence-electron chi connectivity index (χ2n) is 7.95. The van der Waals surface area contributed by atoms with Gasteiger partial charge in [-0.25, -0.2) is 0 Å². The van der Waals surface area contributed by atoms with Crippen molar-refractivity contribution in [2.24, 2.45) is 0 Å². The fourth-order valence-electron chi connectivity index (χ4n) is 3.97. The molecule has 1 aliphatic rings. The van der Waals surface area contributed by atoms with Crippen molar-refractivity contribution in [2.75, 3.05) is 25.7 Å². The van der Waals surface area contributed by atoms with Gasteiger partial charge in [-0.05, 0) is 48.6 Å². The smallest absolute Gasteiger partial charge is 0.430 e. The number of aliphatic hydroxyl groups is 1. The van der Waals surface area contributed by atoms with Gasteiger partial charge in [0.25, 0.3) is 5.60 Å². The van der Waals surface area contributed by atoms with E-state index in [1.807, 2.05) is 0 Å². The number of carbonyl (C=O) groups excluding carboxylic acids is 1. The third kappa shape index (κ3) is 4.79. The van der Waals surface area contributed by atoms with Crippen LogP contribution in [-0.4, -0.2) is 44.1 Å². The zero-order chi connectivity index (χ0) is 25.3. The number of hydrogen-bond donors (Lipinski definition) is 1. The van der Waals surface area contributed by atoms with Crippen molar-refractivity contribution >= 4 is 11.6 Å². The predicted molar refractivity (Wildman–Crippen MR) is 111 cm³/mol. The van der Waals surface area contributed by atoms with Crippen LogP contribution in [0.1, 0.15) is 29.5 Å². The molecule has 2 aromatic carbocycles. The molecule has 2 aromatic rings. The average Bonchev–Trinajstić information content (AvgIpc) is 2.98. The largest absolute Gasteiger partial charge is 0.497 e. The highest BCUT2D eigenvalue weighted by molar-refractivity contribution is 5.95. The molecule has 11 heteroatoms. The van der Waals surface area contributed by atoms with Crippen molar-refractivity contribution in [1.29, 1.82) is 0 Å². The molecule has 1 heterocycles. The number of alkyl halides is 6. The molecule has 186 valence electrons. The standard InChI is InChI=1S/C23H23F6NO4/c1-33-17-9-14(10-18(13-17)34-2)11-20(31)30-8-4-3-5-15-12-16(6-7-19(15)30)21(32,22(24,25)26)23(27,28)29/h6-7,9-10,12-13,32H,3-5,8,11H2,1-2H3. The highest BCUT2D eigenvalue weighted by Crippen LogP contribution is 2.50. The summed E-state index contributed by atoms with van der Waals surface area (Å²) in [6.07, 6.45) is -10.9. The number of aryl methyl sites for hydroxylation is 1. The fourth-order valence-corrected chi connectivity index (χ4v) is 3.97. The Balaban J connectivity index is 1.98. The Morgan fingerprint density at radius 3 is 2.06 bits per heavy atom. The van der Waals surface area contributed by atoms with Crippen molar-refractivity contribution < 1.29 is 45.7 Å². The second-order valence-corrected chi connectivity index (χ2v) is 7.95. The minimum Gasteiger partial charge on any atom is -0.497 e. The van der Waals surface area contributed by atoms with Gasteiger partial charge >= 0.3 is 12.4 Å². The number of benzene rings is 2. The maximum absolute atomic E-state index is 13.3. The first-order valence-electron chi connectivity index (χ1n) is 10.3. The Morgan fingerprint density at radius 1 is 0.941 bits per heavy atom. The number of halogens is 6. The second kappa shape index (κ2) is 9.36. The molecular weight excluding hydrogens is 468 g/mol. The molecule has 34 heavy (non-hydrogen) atoms. The first-order chi connectivity index (χ1) is 15.8. The zero-order valence-corrected chi connectivity index (χ0v) is 18.4. The third-order valence-electron chi connectivity index (χ3n) is 5.75. The van der Waals surface area contributed by atoms with Gasteiger partial charge in [0.1, 0.15) is 11.5 Å². The Kier molecular flexibility index (Phi) is 7.07. The molecule has 3 rings (SSSR count). The molecule has 0 spiro atoms. The van der Waals surface area contributed by atoms with Gasteiger partial charge in [-0.15, -0.1) is 0 Å². The minimum atomic E-state index is -5.98. The van der Waals surface area contributed by atoms with E-state index in [-0.39, 0.29) is 30.6 Å². The number of rotatable bonds is 5. The molecule has 0 saturated carbocycles. The topological polar surface area (TPSA) is 59.0 Å². The first kappa shape index (κ1) is 25.7. The van der Waals surface area contributed by atoms with Crippen LogP contribution in [0, 0.1) is 0 Å². The third-order valence-corrected chi connectivity index (χ3v) is 5.75. The molecule has 0 saturated heterocycles. The van der Waals surface area contributed by atoms with Crippen LogP contribution in [0.3, 0.4) is 0 Å². The number of amides is 1. The lowest BCUT2D eigenvalue weighted by Gasteiger charge is -2.33. The van der Waals surface area contributed by atoms with E-state index in [0.717, 1.165) is 6.07 Å². The molecular formula is C23H23F6NO4. The quantitative estimate of drug-likeness (QED) is 0.603. The van der Waals surface area contributed by atoms with Crippen molar-refractivity contribution in [3.8, 4) is 11.5 Å². The van der Waals surface area contributed by atoms with Crippen LogP contribution < -0.4 is 14.4 Å². The molecule has 0 fully saturated rings. The lowest BCUT2D eigenvalue weighted by molar-refractivity contribution is -0.376. The maximum Gasteiger partial charge on any atom is 0.430 e. The van der Waals surface area contributed by atoms with Gasteiger partial charge in [-0.1, -0.05) is 12.1 Å². The molecule has 0 atom stereocenters. The lowest BCUT2D eigenvalue weighted by Crippen LogP contribution is -2.54. The molecule has 0 radical (unpaired) electrons. The van der Waals surface area contributed by atoms with Crippen LogP contribution in [0.2, 0.25) is 0 Å². The Hall–Kier alpha value is -2.95. The maximum atomic E-state index is 13.3. The first-order valence-corrected chi connectivity index (χ1v) is 10.3. The van der Waals surface area contributed by atoms with Gasteiger partial charge in [0.05, 0.1) is 20.6 Å². The van der Waals surface area contributed by atoms with E-state index in [0.29, 0.717) is 42.0 Å². The van der Waals surface area contributed by atoms with Gasteiger partial charge in [0, 0.05) is 23.9 Å². The number of carbonyl (C=O) groups is 1. The fraction of sp³-hybridized carbons (Fsp3) is 0.435. The molecule has 1 N–H and O–H groups in total. The van der Waals surface area contributed by atoms with Crippen LogP contribution in [-0.2, 0) is 23.2 Å². The summed E-state index contributed by atoms with van der Waals surface area (Å²) in [6, 6.07) is 7.18. The van der Waals surface area contributed by atoms with Crippen LogP contribution >= 0.6 is 0 Å². The molecule has 0 bridgehead atoms. The predicted octanol–water partition coefficient (Wildman–Crippen LogP) is 4.93. The van der Waals surface area contributed by atoms with Crippen LogP contribution in [0.4, 0.5) is 32.0 Å². The van der Waals surface area contributed by atoms with Gasteiger partial charge in [0.2, 0.25) is 5.91 Å². The van der Waals surface area contributed by atoms with E-state index < -0.39 is 29.4 Å². The summed E-state index contributed by atoms with van der Waals surface area (Å²) < 4.78 is 90.3. The van der Waals surface area contributed by atoms with Gasteiger partial charge < -0.3 is 19.5 Å². The van der Waals surface area contributed by atoms with Crippen LogP contribution in [0.25, 0.3) is 0 Å². The van der Waals surface area contributed by atoms with Crippen LogP contribution in [0.5, 0.6) is 11.5 Å². The molecule has 1 aliphatic heterocycles. The summed E-state index contributed by atoms with van der Waals surface area (Å²) in [6.45, 7) is 0.245. The molecule has 0 aliphatic carbocycles. The Morgan fingerprint density at radius 2 is 1.53 bits per heavy atom. The van der Waals surface area contributed by atoms with E-state index in [9.17, 15) is 36.2 Å². The molecule has 0 aromatic heterocycles. The number of fused-ring (bicyclic) bond motifs is 1. The highest BCUT2D eigenvalue weighted by atomic mass is 19.4. The highest BCUT2D eigenvalue weighted by Gasteiger charge is 2.71. The van der Waals surface area contributed by atoms with Crippen molar-refractivity contribution in [3.63, 3.8) is 0 Å². The molecule has 1 amide bonds. The van der Waals surface area contributed by atoms with E-state index in [2.05, 4.69) is 0 Å². The Labute approximate surface area is 191 Å². The summed E-state index contributed by atoms with van der Waals surface area (Å²) in [4.78, 5) is 14.5. The van der Waals surface area contributed by atoms with E-state index >= 15 is 0 Å². The zero-order valence-electron chi connectivity index (χ0n) is 18.4. The summed E-state index contributed by atoms with van der Waals surface area (Å²) in [5, 5.41) is 9.74. The summed E-state index contributed by atoms with van der Waals surface area (Å²) in [5.41, 5.74) is -5.45. The minimum absolute atomic E-state index is 0.0935. The van der Waals surface area contributed by atoms with Crippen molar-refractivity contribution in [1.82, 2.24) is 0 Å². The summed E-state index contributed by atoms with van der Waals surface area (Å²) in [5.74, 6) is 0.524. The number of anilines is 1. The monoisotopic (exact) mass is 491 g/mol. The SMILES string of the molecule is COc1cc(CC(=O)N2CCCCc3cc(C(O)(C(F)(F)F)C(F)(F)F)ccc32)cc(OC)c1. The number of methoxy groups -OCH3 is 2. The van der Waals surface area contributed by atoms with E-state index in [1.54, 1.807) is 18.2 Å². The van der Waals surface area contributed by atoms with Crippen molar-refractivity contribution in [2.45, 2.75) is 43.6 Å². The van der Waals surface area contributed by atoms with Gasteiger partial charge in [-0.3, -0.25) is 4.79 Å². The van der Waals surface area contributed by atoms with Crippen molar-refractivity contribution in [3.05, 3.63) is 53.1 Å². The van der Waals surface area contributed by atoms with Gasteiger partial charge in [0.15, 0.2) is 0 Å². The molecule has 0 unspecified atom stereocenters. The number of ether oxygens (including phenoxy) is 2. The molecule has 5 nitrogen and oxygen atoms in total. The summed E-state index contributed by atoms with van der Waals surface area (Å²) >= 11 is 0. The lowest BCUT2D eigenvalue weighted by atomic mass is 9.89. The van der Waals surface area contributed by atoms with Gasteiger partial charge in [-0.2, -0.15) is 26.3 Å². The number of hydrogen-bond acceptors (Lipinski definition) is 4. The van der Waals surface area contributed by atoms with Crippen LogP contribution in [0.15, 0.2) is 36.4 Å². The normalized spacial score (nSPS) is 14.9. The summed E-state index contributed by atoms with van der Waals surface area (Å²) in [7, 11) is 2.90. The average molecular weight is 491 g/mol. The van der Waals surface area contributed by atoms with E-state index in [4.69, 9.17) is 9.47 Å². The Bertz CT molecular complexity index is 1010.